The minimum Gasteiger partial charge on any atom is -0.436 e. The standard InChI is InChI=1S/C23H27N3O/c1-16(2)18-12-11-17(3)15-21(18)27-23-22(26-13-7-4-8-14-26)24-19-9-5-6-10-20(19)25-23/h5-6,9-12,15-16H,4,7-8,13-14H2,1-3H3. The van der Waals surface area contributed by atoms with Gasteiger partial charge in [0.05, 0.1) is 11.0 Å². The Bertz CT molecular complexity index is 946. The van der Waals surface area contributed by atoms with Gasteiger partial charge >= 0.3 is 0 Å². The van der Waals surface area contributed by atoms with Crippen molar-refractivity contribution in [1.29, 1.82) is 0 Å². The number of benzene rings is 2. The molecular formula is C23H27N3O. The largest absolute Gasteiger partial charge is 0.436 e. The van der Waals surface area contributed by atoms with Crippen LogP contribution in [0.4, 0.5) is 5.82 Å². The number of rotatable bonds is 4. The van der Waals surface area contributed by atoms with E-state index in [1.165, 1.54) is 30.4 Å². The van der Waals surface area contributed by atoms with Crippen LogP contribution in [-0.4, -0.2) is 23.1 Å². The number of aryl methyl sites for hydroxylation is 1. The fourth-order valence-corrected chi connectivity index (χ4v) is 3.67. The monoisotopic (exact) mass is 361 g/mol. The predicted molar refractivity (Wildman–Crippen MR) is 111 cm³/mol. The number of hydrogen-bond donors (Lipinski definition) is 0. The van der Waals surface area contributed by atoms with Crippen molar-refractivity contribution >= 4 is 16.9 Å². The van der Waals surface area contributed by atoms with Crippen molar-refractivity contribution in [2.75, 3.05) is 18.0 Å². The summed E-state index contributed by atoms with van der Waals surface area (Å²) in [5.41, 5.74) is 4.16. The van der Waals surface area contributed by atoms with Crippen LogP contribution in [0.15, 0.2) is 42.5 Å². The highest BCUT2D eigenvalue weighted by Gasteiger charge is 2.21. The molecule has 27 heavy (non-hydrogen) atoms. The van der Waals surface area contributed by atoms with Crippen molar-refractivity contribution in [2.24, 2.45) is 0 Å². The van der Waals surface area contributed by atoms with E-state index < -0.39 is 0 Å². The van der Waals surface area contributed by atoms with Gasteiger partial charge in [0.2, 0.25) is 0 Å². The number of aromatic nitrogens is 2. The SMILES string of the molecule is Cc1ccc(C(C)C)c(Oc2nc3ccccc3nc2N2CCCCC2)c1. The van der Waals surface area contributed by atoms with Crippen molar-refractivity contribution in [3.63, 3.8) is 0 Å². The third-order valence-corrected chi connectivity index (χ3v) is 5.17. The molecule has 2 heterocycles. The zero-order valence-corrected chi connectivity index (χ0v) is 16.4. The Morgan fingerprint density at radius 3 is 2.33 bits per heavy atom. The summed E-state index contributed by atoms with van der Waals surface area (Å²) < 4.78 is 6.43. The highest BCUT2D eigenvalue weighted by molar-refractivity contribution is 5.77. The van der Waals surface area contributed by atoms with Gasteiger partial charge in [-0.1, -0.05) is 38.1 Å². The smallest absolute Gasteiger partial charge is 0.263 e. The summed E-state index contributed by atoms with van der Waals surface area (Å²) in [6, 6.07) is 14.4. The first kappa shape index (κ1) is 17.8. The van der Waals surface area contributed by atoms with Crippen LogP contribution in [0.5, 0.6) is 11.6 Å². The summed E-state index contributed by atoms with van der Waals surface area (Å²) in [5.74, 6) is 2.74. The zero-order chi connectivity index (χ0) is 18.8. The molecule has 1 aromatic heterocycles. The molecule has 0 bridgehead atoms. The van der Waals surface area contributed by atoms with Gasteiger partial charge in [0.1, 0.15) is 5.75 Å². The molecule has 0 atom stereocenters. The molecular weight excluding hydrogens is 334 g/mol. The lowest BCUT2D eigenvalue weighted by molar-refractivity contribution is 0.449. The van der Waals surface area contributed by atoms with Crippen LogP contribution >= 0.6 is 0 Å². The minimum atomic E-state index is 0.382. The van der Waals surface area contributed by atoms with Crippen molar-refractivity contribution in [1.82, 2.24) is 9.97 Å². The number of hydrogen-bond acceptors (Lipinski definition) is 4. The zero-order valence-electron chi connectivity index (χ0n) is 16.4. The first-order chi connectivity index (χ1) is 13.1. The van der Waals surface area contributed by atoms with Crippen LogP contribution in [0.25, 0.3) is 11.0 Å². The molecule has 3 aromatic rings. The minimum absolute atomic E-state index is 0.382. The van der Waals surface area contributed by atoms with Crippen LogP contribution < -0.4 is 9.64 Å². The van der Waals surface area contributed by atoms with E-state index in [-0.39, 0.29) is 0 Å². The first-order valence-electron chi connectivity index (χ1n) is 9.92. The molecule has 0 amide bonds. The molecule has 0 N–H and O–H groups in total. The van der Waals surface area contributed by atoms with E-state index in [4.69, 9.17) is 14.7 Å². The Balaban J connectivity index is 1.81. The highest BCUT2D eigenvalue weighted by atomic mass is 16.5. The van der Waals surface area contributed by atoms with Crippen molar-refractivity contribution in [2.45, 2.75) is 46.0 Å². The third-order valence-electron chi connectivity index (χ3n) is 5.17. The molecule has 1 aliphatic heterocycles. The van der Waals surface area contributed by atoms with Crippen molar-refractivity contribution < 1.29 is 4.74 Å². The van der Waals surface area contributed by atoms with E-state index in [1.54, 1.807) is 0 Å². The third kappa shape index (κ3) is 3.75. The maximum Gasteiger partial charge on any atom is 0.263 e. The number of fused-ring (bicyclic) bond motifs is 1. The molecule has 4 heteroatoms. The van der Waals surface area contributed by atoms with Gasteiger partial charge in [0, 0.05) is 13.1 Å². The van der Waals surface area contributed by atoms with Gasteiger partial charge in [-0.3, -0.25) is 0 Å². The summed E-state index contributed by atoms with van der Waals surface area (Å²) in [6.45, 7) is 8.49. The van der Waals surface area contributed by atoms with Crippen LogP contribution in [0, 0.1) is 6.92 Å². The molecule has 4 nitrogen and oxygen atoms in total. The molecule has 1 fully saturated rings. The van der Waals surface area contributed by atoms with Crippen molar-refractivity contribution in [3.05, 3.63) is 53.6 Å². The molecule has 2 aromatic carbocycles. The summed E-state index contributed by atoms with van der Waals surface area (Å²) in [4.78, 5) is 12.1. The fourth-order valence-electron chi connectivity index (χ4n) is 3.67. The number of para-hydroxylation sites is 2. The molecule has 0 radical (unpaired) electrons. The molecule has 0 aliphatic carbocycles. The fraction of sp³-hybridized carbons (Fsp3) is 0.391. The number of piperidine rings is 1. The molecule has 0 saturated carbocycles. The van der Waals surface area contributed by atoms with Gasteiger partial charge < -0.3 is 9.64 Å². The Morgan fingerprint density at radius 1 is 0.926 bits per heavy atom. The van der Waals surface area contributed by atoms with Gasteiger partial charge in [0.15, 0.2) is 5.82 Å². The molecule has 1 saturated heterocycles. The molecule has 4 rings (SSSR count). The number of nitrogens with zero attached hydrogens (tertiary/aromatic N) is 3. The van der Waals surface area contributed by atoms with Gasteiger partial charge in [-0.25, -0.2) is 9.97 Å². The van der Waals surface area contributed by atoms with Gasteiger partial charge in [-0.15, -0.1) is 0 Å². The summed E-state index contributed by atoms with van der Waals surface area (Å²) >= 11 is 0. The Labute approximate surface area is 161 Å². The maximum atomic E-state index is 6.43. The Kier molecular flexibility index (Phi) is 4.97. The van der Waals surface area contributed by atoms with Gasteiger partial charge in [0.25, 0.3) is 5.88 Å². The van der Waals surface area contributed by atoms with Crippen LogP contribution in [0.2, 0.25) is 0 Å². The van der Waals surface area contributed by atoms with E-state index in [1.807, 2.05) is 24.3 Å². The molecule has 0 unspecified atom stereocenters. The summed E-state index contributed by atoms with van der Waals surface area (Å²) in [6.07, 6.45) is 3.66. The summed E-state index contributed by atoms with van der Waals surface area (Å²) in [5, 5.41) is 0. The predicted octanol–water partition coefficient (Wildman–Crippen LogP) is 5.84. The average molecular weight is 361 g/mol. The quantitative estimate of drug-likeness (QED) is 0.585. The van der Waals surface area contributed by atoms with Crippen LogP contribution in [0.3, 0.4) is 0 Å². The maximum absolute atomic E-state index is 6.43. The number of anilines is 1. The lowest BCUT2D eigenvalue weighted by atomic mass is 10.0. The lowest BCUT2D eigenvalue weighted by Crippen LogP contribution is -2.30. The highest BCUT2D eigenvalue weighted by Crippen LogP contribution is 2.36. The lowest BCUT2D eigenvalue weighted by Gasteiger charge is -2.29. The van der Waals surface area contributed by atoms with E-state index >= 15 is 0 Å². The second-order valence-corrected chi connectivity index (χ2v) is 7.69. The number of ether oxygens (including phenoxy) is 1. The Morgan fingerprint density at radius 2 is 1.63 bits per heavy atom. The molecule has 0 spiro atoms. The second kappa shape index (κ2) is 7.55. The van der Waals surface area contributed by atoms with E-state index in [9.17, 15) is 0 Å². The van der Waals surface area contributed by atoms with Crippen LogP contribution in [0.1, 0.15) is 50.2 Å². The topological polar surface area (TPSA) is 38.3 Å². The van der Waals surface area contributed by atoms with E-state index in [0.29, 0.717) is 11.8 Å². The molecule has 1 aliphatic rings. The average Bonchev–Trinajstić information content (AvgIpc) is 2.68. The molecule has 140 valence electrons. The first-order valence-corrected chi connectivity index (χ1v) is 9.92. The van der Waals surface area contributed by atoms with E-state index in [2.05, 4.69) is 43.9 Å². The second-order valence-electron chi connectivity index (χ2n) is 7.69. The van der Waals surface area contributed by atoms with Crippen LogP contribution in [-0.2, 0) is 0 Å². The van der Waals surface area contributed by atoms with Gasteiger partial charge in [-0.2, -0.15) is 0 Å². The van der Waals surface area contributed by atoms with Crippen molar-refractivity contribution in [3.8, 4) is 11.6 Å². The normalized spacial score (nSPS) is 14.7. The Hall–Kier alpha value is -2.62. The van der Waals surface area contributed by atoms with E-state index in [0.717, 1.165) is 35.7 Å². The van der Waals surface area contributed by atoms with Gasteiger partial charge in [-0.05, 0) is 61.4 Å². The summed E-state index contributed by atoms with van der Waals surface area (Å²) in [7, 11) is 0.